The molecule has 1 heteroatoms. The third-order valence-corrected chi connectivity index (χ3v) is 4.13. The van der Waals surface area contributed by atoms with E-state index in [4.69, 9.17) is 0 Å². The molecule has 1 rings (SSSR count). The summed E-state index contributed by atoms with van der Waals surface area (Å²) in [6, 6.07) is 9.24. The van der Waals surface area contributed by atoms with Crippen LogP contribution in [0.15, 0.2) is 24.3 Å². The van der Waals surface area contributed by atoms with Crippen LogP contribution in [0.25, 0.3) is 0 Å². The molecule has 0 N–H and O–H groups in total. The summed E-state index contributed by atoms with van der Waals surface area (Å²) in [5.74, 6) is 0. The van der Waals surface area contributed by atoms with Crippen LogP contribution in [-0.2, 0) is 12.8 Å². The Labute approximate surface area is 132 Å². The fourth-order valence-electron chi connectivity index (χ4n) is 2.83. The van der Waals surface area contributed by atoms with Crippen molar-refractivity contribution in [1.82, 2.24) is 4.90 Å². The number of hydrogen-bond acceptors (Lipinski definition) is 1. The third-order valence-electron chi connectivity index (χ3n) is 4.13. The van der Waals surface area contributed by atoms with Crippen molar-refractivity contribution in [2.24, 2.45) is 0 Å². The van der Waals surface area contributed by atoms with Crippen LogP contribution in [0.5, 0.6) is 0 Å². The van der Waals surface area contributed by atoms with Crippen molar-refractivity contribution in [1.29, 1.82) is 0 Å². The number of rotatable bonds is 12. The Morgan fingerprint density at radius 3 is 1.95 bits per heavy atom. The lowest BCUT2D eigenvalue weighted by Gasteiger charge is -2.10. The van der Waals surface area contributed by atoms with Crippen LogP contribution in [0, 0.1) is 0 Å². The van der Waals surface area contributed by atoms with Gasteiger partial charge in [0, 0.05) is 0 Å². The van der Waals surface area contributed by atoms with Crippen molar-refractivity contribution in [3.63, 3.8) is 0 Å². The number of unbranched alkanes of at least 4 members (excludes halogenated alkanes) is 6. The predicted molar refractivity (Wildman–Crippen MR) is 95.0 cm³/mol. The van der Waals surface area contributed by atoms with E-state index in [1.807, 2.05) is 0 Å². The van der Waals surface area contributed by atoms with Gasteiger partial charge in [0.1, 0.15) is 0 Å². The Morgan fingerprint density at radius 1 is 0.762 bits per heavy atom. The van der Waals surface area contributed by atoms with Gasteiger partial charge in [-0.25, -0.2) is 0 Å². The number of nitrogens with zero attached hydrogens (tertiary/aromatic N) is 1. The average molecular weight is 290 g/mol. The summed E-state index contributed by atoms with van der Waals surface area (Å²) in [6.07, 6.45) is 13.5. The summed E-state index contributed by atoms with van der Waals surface area (Å²) in [7, 11) is 4.30. The Morgan fingerprint density at radius 2 is 1.33 bits per heavy atom. The van der Waals surface area contributed by atoms with E-state index in [9.17, 15) is 0 Å². The topological polar surface area (TPSA) is 3.24 Å². The molecule has 0 amide bonds. The van der Waals surface area contributed by atoms with Crippen molar-refractivity contribution in [2.75, 3.05) is 20.6 Å². The van der Waals surface area contributed by atoms with Gasteiger partial charge >= 0.3 is 0 Å². The SMILES string of the molecule is CCCCCCCCCc1cccc(CCCN(C)C)c1. The highest BCUT2D eigenvalue weighted by Crippen LogP contribution is 2.13. The van der Waals surface area contributed by atoms with E-state index in [2.05, 4.69) is 50.2 Å². The summed E-state index contributed by atoms with van der Waals surface area (Å²) in [4.78, 5) is 2.27. The first-order chi connectivity index (χ1) is 10.2. The summed E-state index contributed by atoms with van der Waals surface area (Å²) < 4.78 is 0. The first-order valence-corrected chi connectivity index (χ1v) is 8.95. The Kier molecular flexibility index (Phi) is 10.2. The largest absolute Gasteiger partial charge is 0.309 e. The molecule has 0 aliphatic carbocycles. The van der Waals surface area contributed by atoms with E-state index in [0.717, 1.165) is 0 Å². The maximum Gasteiger partial charge on any atom is -0.00217 e. The first kappa shape index (κ1) is 18.2. The van der Waals surface area contributed by atoms with Gasteiger partial charge in [0.05, 0.1) is 0 Å². The molecule has 0 radical (unpaired) electrons. The van der Waals surface area contributed by atoms with Crippen LogP contribution in [0.2, 0.25) is 0 Å². The highest BCUT2D eigenvalue weighted by Gasteiger charge is 1.98. The molecule has 0 heterocycles. The highest BCUT2D eigenvalue weighted by atomic mass is 15.0. The first-order valence-electron chi connectivity index (χ1n) is 8.95. The van der Waals surface area contributed by atoms with Gasteiger partial charge in [-0.05, 0) is 57.5 Å². The van der Waals surface area contributed by atoms with Crippen molar-refractivity contribution in [3.05, 3.63) is 35.4 Å². The minimum absolute atomic E-state index is 1.18. The maximum atomic E-state index is 2.42. The van der Waals surface area contributed by atoms with Crippen LogP contribution in [-0.4, -0.2) is 25.5 Å². The Balaban J connectivity index is 2.17. The molecule has 0 spiro atoms. The lowest BCUT2D eigenvalue weighted by molar-refractivity contribution is 0.400. The van der Waals surface area contributed by atoms with Crippen LogP contribution in [0.3, 0.4) is 0 Å². The summed E-state index contributed by atoms with van der Waals surface area (Å²) in [6.45, 7) is 3.47. The average Bonchev–Trinajstić information content (AvgIpc) is 2.46. The van der Waals surface area contributed by atoms with Gasteiger partial charge in [0.25, 0.3) is 0 Å². The second-order valence-corrected chi connectivity index (χ2v) is 6.60. The zero-order chi connectivity index (χ0) is 15.3. The molecule has 0 saturated heterocycles. The molecule has 0 unspecified atom stereocenters. The lowest BCUT2D eigenvalue weighted by Crippen LogP contribution is -2.13. The van der Waals surface area contributed by atoms with E-state index in [1.165, 1.54) is 81.9 Å². The number of aryl methyl sites for hydroxylation is 2. The van der Waals surface area contributed by atoms with Gasteiger partial charge in [0.2, 0.25) is 0 Å². The fourth-order valence-corrected chi connectivity index (χ4v) is 2.83. The molecule has 120 valence electrons. The molecular weight excluding hydrogens is 254 g/mol. The van der Waals surface area contributed by atoms with Gasteiger partial charge < -0.3 is 4.90 Å². The van der Waals surface area contributed by atoms with Gasteiger partial charge in [-0.15, -0.1) is 0 Å². The summed E-state index contributed by atoms with van der Waals surface area (Å²) in [5, 5.41) is 0. The minimum Gasteiger partial charge on any atom is -0.309 e. The quantitative estimate of drug-likeness (QED) is 0.461. The molecular formula is C20H35N. The van der Waals surface area contributed by atoms with Crippen molar-refractivity contribution < 1.29 is 0 Å². The zero-order valence-electron chi connectivity index (χ0n) is 14.5. The minimum atomic E-state index is 1.18. The second-order valence-electron chi connectivity index (χ2n) is 6.60. The molecule has 0 bridgehead atoms. The molecule has 1 nitrogen and oxygen atoms in total. The van der Waals surface area contributed by atoms with E-state index in [-0.39, 0.29) is 0 Å². The molecule has 1 aromatic rings. The van der Waals surface area contributed by atoms with Gasteiger partial charge in [-0.3, -0.25) is 0 Å². The van der Waals surface area contributed by atoms with E-state index < -0.39 is 0 Å². The monoisotopic (exact) mass is 289 g/mol. The Hall–Kier alpha value is -0.820. The van der Waals surface area contributed by atoms with Crippen LogP contribution in [0.4, 0.5) is 0 Å². The molecule has 0 aliphatic rings. The normalized spacial score (nSPS) is 11.2. The zero-order valence-corrected chi connectivity index (χ0v) is 14.5. The van der Waals surface area contributed by atoms with E-state index in [1.54, 1.807) is 0 Å². The summed E-state index contributed by atoms with van der Waals surface area (Å²) >= 11 is 0. The number of benzene rings is 1. The van der Waals surface area contributed by atoms with Crippen molar-refractivity contribution in [3.8, 4) is 0 Å². The molecule has 0 aliphatic heterocycles. The molecule has 21 heavy (non-hydrogen) atoms. The molecule has 0 saturated carbocycles. The van der Waals surface area contributed by atoms with Gasteiger partial charge in [-0.2, -0.15) is 0 Å². The fraction of sp³-hybridized carbons (Fsp3) is 0.700. The second kappa shape index (κ2) is 11.8. The van der Waals surface area contributed by atoms with E-state index >= 15 is 0 Å². The van der Waals surface area contributed by atoms with Crippen molar-refractivity contribution in [2.45, 2.75) is 71.1 Å². The summed E-state index contributed by atoms with van der Waals surface area (Å²) in [5.41, 5.74) is 3.04. The highest BCUT2D eigenvalue weighted by molar-refractivity contribution is 5.23. The van der Waals surface area contributed by atoms with Crippen LogP contribution < -0.4 is 0 Å². The third kappa shape index (κ3) is 9.68. The molecule has 0 aromatic heterocycles. The van der Waals surface area contributed by atoms with Crippen molar-refractivity contribution >= 4 is 0 Å². The van der Waals surface area contributed by atoms with Gasteiger partial charge in [0.15, 0.2) is 0 Å². The standard InChI is InChI=1S/C20H35N/c1-4-5-6-7-8-9-10-13-19-14-11-15-20(18-19)16-12-17-21(2)3/h11,14-15,18H,4-10,12-13,16-17H2,1-3H3. The maximum absolute atomic E-state index is 2.42. The Bertz CT molecular complexity index is 357. The smallest absolute Gasteiger partial charge is 0.00217 e. The predicted octanol–water partition coefficient (Wildman–Crippen LogP) is 5.47. The van der Waals surface area contributed by atoms with Gasteiger partial charge in [-0.1, -0.05) is 69.7 Å². The lowest BCUT2D eigenvalue weighted by atomic mass is 10.0. The number of hydrogen-bond donors (Lipinski definition) is 0. The molecule has 1 aromatic carbocycles. The van der Waals surface area contributed by atoms with Crippen LogP contribution >= 0.6 is 0 Å². The van der Waals surface area contributed by atoms with E-state index in [0.29, 0.717) is 0 Å². The van der Waals surface area contributed by atoms with Crippen LogP contribution in [0.1, 0.15) is 69.4 Å². The molecule has 0 atom stereocenters. The molecule has 0 fully saturated rings.